The minimum absolute atomic E-state index is 0.126. The lowest BCUT2D eigenvalue weighted by Crippen LogP contribution is -2.36. The van der Waals surface area contributed by atoms with Gasteiger partial charge in [0.05, 0.1) is 4.47 Å². The molecule has 104 valence electrons. The second kappa shape index (κ2) is 5.18. The lowest BCUT2D eigenvalue weighted by Gasteiger charge is -2.18. The fourth-order valence-corrected chi connectivity index (χ4v) is 2.60. The molecule has 0 fully saturated rings. The molecule has 0 radical (unpaired) electrons. The average molecular weight is 344 g/mol. The molecule has 1 aliphatic heterocycles. The van der Waals surface area contributed by atoms with Crippen molar-refractivity contribution in [1.29, 1.82) is 0 Å². The van der Waals surface area contributed by atoms with Gasteiger partial charge in [-0.3, -0.25) is 14.9 Å². The van der Waals surface area contributed by atoms with Gasteiger partial charge in [0.2, 0.25) is 0 Å². The highest BCUT2D eigenvalue weighted by Gasteiger charge is 2.26. The van der Waals surface area contributed by atoms with Crippen LogP contribution in [0.2, 0.25) is 0 Å². The van der Waals surface area contributed by atoms with E-state index in [2.05, 4.69) is 21.2 Å². The van der Waals surface area contributed by atoms with Crippen molar-refractivity contribution >= 4 is 39.4 Å². The summed E-state index contributed by atoms with van der Waals surface area (Å²) in [5.41, 5.74) is 2.24. The number of rotatable bonds is 1. The van der Waals surface area contributed by atoms with Crippen LogP contribution in [0, 0.1) is 0 Å². The minimum atomic E-state index is -0.428. The van der Waals surface area contributed by atoms with Gasteiger partial charge in [-0.25, -0.2) is 0 Å². The number of fused-ring (bicyclic) bond motifs is 1. The number of benzene rings is 2. The van der Waals surface area contributed by atoms with Gasteiger partial charge in [-0.2, -0.15) is 0 Å². The highest BCUT2D eigenvalue weighted by atomic mass is 79.9. The van der Waals surface area contributed by atoms with Crippen LogP contribution in [0.15, 0.2) is 46.9 Å². The Kier molecular flexibility index (Phi) is 3.35. The van der Waals surface area contributed by atoms with Crippen molar-refractivity contribution < 1.29 is 14.7 Å². The lowest BCUT2D eigenvalue weighted by atomic mass is 9.93. The van der Waals surface area contributed by atoms with E-state index in [1.54, 1.807) is 42.5 Å². The van der Waals surface area contributed by atoms with Gasteiger partial charge in [-0.15, -0.1) is 0 Å². The second-order valence-electron chi connectivity index (χ2n) is 4.60. The normalized spacial score (nSPS) is 15.8. The van der Waals surface area contributed by atoms with E-state index < -0.39 is 5.91 Å². The van der Waals surface area contributed by atoms with E-state index in [4.69, 9.17) is 0 Å². The summed E-state index contributed by atoms with van der Waals surface area (Å²) in [6, 6.07) is 11.9. The van der Waals surface area contributed by atoms with Crippen molar-refractivity contribution in [3.8, 4) is 5.75 Å². The molecule has 2 aromatic rings. The Hall–Kier alpha value is -2.40. The highest BCUT2D eigenvalue weighted by Crippen LogP contribution is 2.29. The third kappa shape index (κ3) is 2.48. The number of phenolic OH excluding ortho intramolecular Hbond substituents is 1. The molecule has 2 amide bonds. The van der Waals surface area contributed by atoms with Crippen molar-refractivity contribution in [2.45, 2.75) is 0 Å². The number of nitrogens with one attached hydrogen (secondary N) is 1. The molecule has 1 aliphatic rings. The van der Waals surface area contributed by atoms with Gasteiger partial charge in [0.1, 0.15) is 5.75 Å². The molecule has 2 N–H and O–H groups in total. The SMILES string of the molecule is O=C1NC(=O)c2ccccc2/C1=C\c1ccc(O)c(Br)c1. The van der Waals surface area contributed by atoms with Crippen LogP contribution in [0.3, 0.4) is 0 Å². The summed E-state index contributed by atoms with van der Waals surface area (Å²) in [6.07, 6.45) is 1.69. The zero-order valence-electron chi connectivity index (χ0n) is 10.8. The largest absolute Gasteiger partial charge is 0.507 e. The van der Waals surface area contributed by atoms with Gasteiger partial charge in [-0.05, 0) is 51.3 Å². The van der Waals surface area contributed by atoms with Crippen LogP contribution in [-0.4, -0.2) is 16.9 Å². The topological polar surface area (TPSA) is 66.4 Å². The molecule has 5 heteroatoms. The Morgan fingerprint density at radius 1 is 1.00 bits per heavy atom. The Balaban J connectivity index is 2.14. The fourth-order valence-electron chi connectivity index (χ4n) is 2.20. The Morgan fingerprint density at radius 3 is 2.43 bits per heavy atom. The molecular weight excluding hydrogens is 334 g/mol. The lowest BCUT2D eigenvalue weighted by molar-refractivity contribution is -0.114. The number of hydrogen-bond acceptors (Lipinski definition) is 3. The number of carbonyl (C=O) groups is 2. The molecule has 0 aromatic heterocycles. The molecule has 0 atom stereocenters. The third-order valence-electron chi connectivity index (χ3n) is 3.22. The molecule has 0 spiro atoms. The summed E-state index contributed by atoms with van der Waals surface area (Å²) < 4.78 is 0.539. The Morgan fingerprint density at radius 2 is 1.71 bits per heavy atom. The molecule has 2 aromatic carbocycles. The molecule has 4 nitrogen and oxygen atoms in total. The first-order valence-corrected chi connectivity index (χ1v) is 7.01. The smallest absolute Gasteiger partial charge is 0.258 e. The Labute approximate surface area is 129 Å². The van der Waals surface area contributed by atoms with E-state index in [1.165, 1.54) is 6.07 Å². The first-order chi connectivity index (χ1) is 10.1. The van der Waals surface area contributed by atoms with E-state index in [-0.39, 0.29) is 11.7 Å². The van der Waals surface area contributed by atoms with E-state index in [1.807, 2.05) is 0 Å². The Bertz CT molecular complexity index is 796. The molecule has 3 rings (SSSR count). The van der Waals surface area contributed by atoms with Crippen molar-refractivity contribution in [2.75, 3.05) is 0 Å². The van der Waals surface area contributed by atoms with Crippen LogP contribution in [0.4, 0.5) is 0 Å². The molecule has 0 saturated heterocycles. The van der Waals surface area contributed by atoms with Gasteiger partial charge in [0, 0.05) is 11.1 Å². The number of hydrogen-bond donors (Lipinski definition) is 2. The van der Waals surface area contributed by atoms with E-state index >= 15 is 0 Å². The number of amides is 2. The van der Waals surface area contributed by atoms with Crippen LogP contribution < -0.4 is 5.32 Å². The van der Waals surface area contributed by atoms with Crippen molar-refractivity contribution in [1.82, 2.24) is 5.32 Å². The third-order valence-corrected chi connectivity index (χ3v) is 3.85. The molecule has 0 saturated carbocycles. The average Bonchev–Trinajstić information content (AvgIpc) is 2.47. The summed E-state index contributed by atoms with van der Waals surface area (Å²) in [5, 5.41) is 11.8. The summed E-state index contributed by atoms with van der Waals surface area (Å²) in [5.74, 6) is -0.691. The number of imide groups is 1. The predicted molar refractivity (Wildman–Crippen MR) is 82.6 cm³/mol. The van der Waals surface area contributed by atoms with Crippen LogP contribution in [-0.2, 0) is 4.79 Å². The summed E-state index contributed by atoms with van der Waals surface area (Å²) >= 11 is 3.23. The van der Waals surface area contributed by atoms with Crippen LogP contribution in [0.25, 0.3) is 11.6 Å². The van der Waals surface area contributed by atoms with E-state index in [0.717, 1.165) is 5.56 Å². The molecule has 1 heterocycles. The van der Waals surface area contributed by atoms with Crippen LogP contribution >= 0.6 is 15.9 Å². The molecular formula is C16H10BrNO3. The molecule has 0 bridgehead atoms. The number of aromatic hydroxyl groups is 1. The first kappa shape index (κ1) is 13.6. The highest BCUT2D eigenvalue weighted by molar-refractivity contribution is 9.10. The monoisotopic (exact) mass is 343 g/mol. The quantitative estimate of drug-likeness (QED) is 0.617. The predicted octanol–water partition coefficient (Wildman–Crippen LogP) is 2.97. The van der Waals surface area contributed by atoms with Gasteiger partial charge < -0.3 is 5.11 Å². The maximum Gasteiger partial charge on any atom is 0.258 e. The van der Waals surface area contributed by atoms with Gasteiger partial charge >= 0.3 is 0 Å². The van der Waals surface area contributed by atoms with Crippen LogP contribution in [0.1, 0.15) is 21.5 Å². The van der Waals surface area contributed by atoms with E-state index in [0.29, 0.717) is 21.2 Å². The zero-order valence-corrected chi connectivity index (χ0v) is 12.3. The second-order valence-corrected chi connectivity index (χ2v) is 5.45. The van der Waals surface area contributed by atoms with E-state index in [9.17, 15) is 14.7 Å². The van der Waals surface area contributed by atoms with Gasteiger partial charge in [0.15, 0.2) is 0 Å². The molecule has 0 unspecified atom stereocenters. The maximum atomic E-state index is 12.1. The fraction of sp³-hybridized carbons (Fsp3) is 0. The maximum absolute atomic E-state index is 12.1. The number of phenols is 1. The number of carbonyl (C=O) groups excluding carboxylic acids is 2. The number of halogens is 1. The van der Waals surface area contributed by atoms with Crippen LogP contribution in [0.5, 0.6) is 5.75 Å². The van der Waals surface area contributed by atoms with Crippen molar-refractivity contribution in [3.05, 3.63) is 63.6 Å². The standard InChI is InChI=1S/C16H10BrNO3/c17-13-8-9(5-6-14(13)19)7-12-10-3-1-2-4-11(10)15(20)18-16(12)21/h1-8,19H,(H,18,20,21)/b12-7+. The summed E-state index contributed by atoms with van der Waals surface area (Å²) in [4.78, 5) is 23.9. The van der Waals surface area contributed by atoms with Gasteiger partial charge in [-0.1, -0.05) is 24.3 Å². The minimum Gasteiger partial charge on any atom is -0.507 e. The molecule has 0 aliphatic carbocycles. The summed E-state index contributed by atoms with van der Waals surface area (Å²) in [7, 11) is 0. The molecule has 21 heavy (non-hydrogen) atoms. The van der Waals surface area contributed by atoms with Crippen molar-refractivity contribution in [2.24, 2.45) is 0 Å². The van der Waals surface area contributed by atoms with Gasteiger partial charge in [0.25, 0.3) is 11.8 Å². The summed E-state index contributed by atoms with van der Waals surface area (Å²) in [6.45, 7) is 0. The zero-order chi connectivity index (χ0) is 15.0. The first-order valence-electron chi connectivity index (χ1n) is 6.21. The van der Waals surface area contributed by atoms with Crippen molar-refractivity contribution in [3.63, 3.8) is 0 Å².